The molecule has 3 heteroatoms. The quantitative estimate of drug-likeness (QED) is 0.651. The van der Waals surface area contributed by atoms with Gasteiger partial charge in [0.25, 0.3) is 0 Å². The first-order chi connectivity index (χ1) is 7.10. The summed E-state index contributed by atoms with van der Waals surface area (Å²) in [7, 11) is 0. The summed E-state index contributed by atoms with van der Waals surface area (Å²) >= 11 is 3.47. The number of aryl methyl sites for hydroxylation is 1. The first-order valence-electron chi connectivity index (χ1n) is 5.32. The normalized spacial score (nSPS) is 15.0. The van der Waals surface area contributed by atoms with Gasteiger partial charge in [-0.1, -0.05) is 42.3 Å². The lowest BCUT2D eigenvalue weighted by atomic mass is 9.90. The second-order valence-corrected chi connectivity index (χ2v) is 4.95. The van der Waals surface area contributed by atoms with Crippen LogP contribution in [0.3, 0.4) is 0 Å². The Kier molecular flexibility index (Phi) is 4.77. The van der Waals surface area contributed by atoms with Crippen molar-refractivity contribution >= 4 is 15.9 Å². The summed E-state index contributed by atoms with van der Waals surface area (Å²) < 4.78 is 1.11. The molecule has 0 aliphatic rings. The molecule has 84 valence electrons. The molecule has 2 unspecified atom stereocenters. The molecule has 3 N–H and O–H groups in total. The number of hydrogen-bond acceptors (Lipinski definition) is 2. The van der Waals surface area contributed by atoms with Gasteiger partial charge in [0.1, 0.15) is 0 Å². The van der Waals surface area contributed by atoms with Gasteiger partial charge in [0.15, 0.2) is 0 Å². The third kappa shape index (κ3) is 3.03. The van der Waals surface area contributed by atoms with Crippen LogP contribution >= 0.6 is 15.9 Å². The van der Waals surface area contributed by atoms with Crippen LogP contribution in [0.25, 0.3) is 0 Å². The Balaban J connectivity index is 3.01. The third-order valence-electron chi connectivity index (χ3n) is 2.96. The summed E-state index contributed by atoms with van der Waals surface area (Å²) in [4.78, 5) is 0. The Morgan fingerprint density at radius 1 is 1.47 bits per heavy atom. The van der Waals surface area contributed by atoms with E-state index in [1.54, 1.807) is 0 Å². The van der Waals surface area contributed by atoms with Gasteiger partial charge in [-0.05, 0) is 36.1 Å². The summed E-state index contributed by atoms with van der Waals surface area (Å²) in [6.45, 7) is 6.52. The van der Waals surface area contributed by atoms with E-state index in [2.05, 4.69) is 60.3 Å². The first kappa shape index (κ1) is 12.7. The van der Waals surface area contributed by atoms with Gasteiger partial charge in [-0.25, -0.2) is 0 Å². The summed E-state index contributed by atoms with van der Waals surface area (Å²) in [6, 6.07) is 6.57. The van der Waals surface area contributed by atoms with Crippen LogP contribution in [0.1, 0.15) is 37.4 Å². The number of halogens is 1. The lowest BCUT2D eigenvalue weighted by Crippen LogP contribution is -2.32. The summed E-state index contributed by atoms with van der Waals surface area (Å²) in [5.74, 6) is 6.16. The maximum atomic E-state index is 5.63. The van der Waals surface area contributed by atoms with E-state index in [1.807, 2.05) is 0 Å². The van der Waals surface area contributed by atoms with Gasteiger partial charge in [-0.15, -0.1) is 0 Å². The van der Waals surface area contributed by atoms with Crippen LogP contribution in [0.15, 0.2) is 22.7 Å². The van der Waals surface area contributed by atoms with Crippen LogP contribution < -0.4 is 11.3 Å². The molecular weight excluding hydrogens is 252 g/mol. The highest BCUT2D eigenvalue weighted by atomic mass is 79.9. The Bertz CT molecular complexity index is 325. The zero-order valence-electron chi connectivity index (χ0n) is 9.55. The van der Waals surface area contributed by atoms with E-state index >= 15 is 0 Å². The zero-order valence-corrected chi connectivity index (χ0v) is 11.1. The zero-order chi connectivity index (χ0) is 11.4. The van der Waals surface area contributed by atoms with Crippen LogP contribution in [-0.4, -0.2) is 0 Å². The lowest BCUT2D eigenvalue weighted by molar-refractivity contribution is 0.381. The molecule has 15 heavy (non-hydrogen) atoms. The molecule has 0 aliphatic carbocycles. The van der Waals surface area contributed by atoms with Gasteiger partial charge in [0, 0.05) is 10.5 Å². The van der Waals surface area contributed by atoms with Crippen LogP contribution in [-0.2, 0) is 0 Å². The van der Waals surface area contributed by atoms with E-state index in [-0.39, 0.29) is 6.04 Å². The molecule has 1 rings (SSSR count). The molecule has 1 aromatic carbocycles. The van der Waals surface area contributed by atoms with Crippen LogP contribution in [0.2, 0.25) is 0 Å². The fourth-order valence-electron chi connectivity index (χ4n) is 1.78. The molecular formula is C12H19BrN2. The van der Waals surface area contributed by atoms with E-state index in [0.717, 1.165) is 10.9 Å². The molecule has 0 saturated carbocycles. The van der Waals surface area contributed by atoms with Gasteiger partial charge in [0.05, 0.1) is 0 Å². The molecule has 0 fully saturated rings. The van der Waals surface area contributed by atoms with Gasteiger partial charge in [0.2, 0.25) is 0 Å². The second kappa shape index (κ2) is 5.64. The predicted octanol–water partition coefficient (Wildman–Crippen LogP) is 3.31. The van der Waals surface area contributed by atoms with E-state index in [4.69, 9.17) is 5.84 Å². The SMILES string of the molecule is CCC(C)C(NN)c1ccc(Br)cc1C. The molecule has 0 radical (unpaired) electrons. The topological polar surface area (TPSA) is 38.0 Å². The average molecular weight is 271 g/mol. The number of hydrazine groups is 1. The molecule has 0 aliphatic heterocycles. The van der Waals surface area contributed by atoms with Gasteiger partial charge in [-0.2, -0.15) is 0 Å². The molecule has 1 aromatic rings. The average Bonchev–Trinajstić information content (AvgIpc) is 2.21. The van der Waals surface area contributed by atoms with Gasteiger partial charge >= 0.3 is 0 Å². The molecule has 0 saturated heterocycles. The summed E-state index contributed by atoms with van der Waals surface area (Å²) in [5, 5.41) is 0. The monoisotopic (exact) mass is 270 g/mol. The fourth-order valence-corrected chi connectivity index (χ4v) is 2.26. The molecule has 2 nitrogen and oxygen atoms in total. The standard InChI is InChI=1S/C12H19BrN2/c1-4-8(2)12(15-14)11-6-5-10(13)7-9(11)3/h5-8,12,15H,4,14H2,1-3H3. The molecule has 2 atom stereocenters. The van der Waals surface area contributed by atoms with Crippen molar-refractivity contribution < 1.29 is 0 Å². The van der Waals surface area contributed by atoms with Crippen molar-refractivity contribution in [3.63, 3.8) is 0 Å². The highest BCUT2D eigenvalue weighted by molar-refractivity contribution is 9.10. The summed E-state index contributed by atoms with van der Waals surface area (Å²) in [5.41, 5.74) is 5.47. The van der Waals surface area contributed by atoms with Crippen molar-refractivity contribution in [2.75, 3.05) is 0 Å². The molecule has 0 heterocycles. The van der Waals surface area contributed by atoms with Gasteiger partial charge < -0.3 is 0 Å². The van der Waals surface area contributed by atoms with Crippen molar-refractivity contribution in [3.8, 4) is 0 Å². The smallest absolute Gasteiger partial charge is 0.0488 e. The lowest BCUT2D eigenvalue weighted by Gasteiger charge is -2.24. The first-order valence-corrected chi connectivity index (χ1v) is 6.11. The summed E-state index contributed by atoms with van der Waals surface area (Å²) in [6.07, 6.45) is 1.12. The number of nitrogens with one attached hydrogen (secondary N) is 1. The number of benzene rings is 1. The van der Waals surface area contributed by atoms with Gasteiger partial charge in [-0.3, -0.25) is 11.3 Å². The minimum atomic E-state index is 0.239. The second-order valence-electron chi connectivity index (χ2n) is 4.03. The Morgan fingerprint density at radius 3 is 2.60 bits per heavy atom. The maximum Gasteiger partial charge on any atom is 0.0488 e. The highest BCUT2D eigenvalue weighted by Crippen LogP contribution is 2.27. The highest BCUT2D eigenvalue weighted by Gasteiger charge is 2.17. The molecule has 0 bridgehead atoms. The van der Waals surface area contributed by atoms with Crippen LogP contribution in [0.4, 0.5) is 0 Å². The number of nitrogens with two attached hydrogens (primary N) is 1. The van der Waals surface area contributed by atoms with E-state index in [0.29, 0.717) is 5.92 Å². The maximum absolute atomic E-state index is 5.63. The van der Waals surface area contributed by atoms with E-state index < -0.39 is 0 Å². The Morgan fingerprint density at radius 2 is 2.13 bits per heavy atom. The van der Waals surface area contributed by atoms with E-state index in [9.17, 15) is 0 Å². The number of rotatable bonds is 4. The van der Waals surface area contributed by atoms with Crippen molar-refractivity contribution in [2.45, 2.75) is 33.2 Å². The van der Waals surface area contributed by atoms with Crippen molar-refractivity contribution in [1.29, 1.82) is 0 Å². The predicted molar refractivity (Wildman–Crippen MR) is 68.4 cm³/mol. The molecule has 0 spiro atoms. The van der Waals surface area contributed by atoms with Crippen molar-refractivity contribution in [3.05, 3.63) is 33.8 Å². The van der Waals surface area contributed by atoms with E-state index in [1.165, 1.54) is 11.1 Å². The minimum Gasteiger partial charge on any atom is -0.271 e. The largest absolute Gasteiger partial charge is 0.271 e. The molecule has 0 aromatic heterocycles. The molecule has 0 amide bonds. The van der Waals surface area contributed by atoms with Crippen molar-refractivity contribution in [2.24, 2.45) is 11.8 Å². The van der Waals surface area contributed by atoms with Crippen LogP contribution in [0, 0.1) is 12.8 Å². The van der Waals surface area contributed by atoms with Crippen LogP contribution in [0.5, 0.6) is 0 Å². The number of hydrogen-bond donors (Lipinski definition) is 2. The minimum absolute atomic E-state index is 0.239. The fraction of sp³-hybridized carbons (Fsp3) is 0.500. The Labute approximate surface area is 100 Å². The Hall–Kier alpha value is -0.380. The van der Waals surface area contributed by atoms with Crippen molar-refractivity contribution in [1.82, 2.24) is 5.43 Å². The third-order valence-corrected chi connectivity index (χ3v) is 3.45.